The van der Waals surface area contributed by atoms with Gasteiger partial charge in [0, 0.05) is 5.69 Å². The molecule has 0 saturated heterocycles. The first-order valence-electron chi connectivity index (χ1n) is 7.65. The van der Waals surface area contributed by atoms with E-state index < -0.39 is 40.2 Å². The smallest absolute Gasteiger partial charge is 0.416 e. The molecule has 0 unspecified atom stereocenters. The number of esters is 1. The molecule has 2 aromatic carbocycles. The first-order valence-corrected chi connectivity index (χ1v) is 9.20. The Balaban J connectivity index is 2.05. The summed E-state index contributed by atoms with van der Waals surface area (Å²) < 4.78 is 65.5. The molecule has 2 rings (SSSR count). The summed E-state index contributed by atoms with van der Waals surface area (Å²) in [4.78, 5) is 23.6. The van der Waals surface area contributed by atoms with E-state index in [1.165, 1.54) is 25.1 Å². The number of alkyl halides is 3. The number of primary sulfonamides is 1. The summed E-state index contributed by atoms with van der Waals surface area (Å²) in [6.45, 7) is 0.736. The van der Waals surface area contributed by atoms with Gasteiger partial charge >= 0.3 is 12.1 Å². The van der Waals surface area contributed by atoms with Gasteiger partial charge in [0.05, 0.1) is 16.0 Å². The predicted octanol–water partition coefficient (Wildman–Crippen LogP) is 2.46. The average molecular weight is 416 g/mol. The summed E-state index contributed by atoms with van der Waals surface area (Å²) >= 11 is 0. The third-order valence-corrected chi connectivity index (χ3v) is 4.48. The van der Waals surface area contributed by atoms with Gasteiger partial charge in [0.1, 0.15) is 0 Å². The van der Waals surface area contributed by atoms with E-state index in [9.17, 15) is 31.2 Å². The van der Waals surface area contributed by atoms with Crippen molar-refractivity contribution in [3.05, 3.63) is 59.2 Å². The molecule has 0 aliphatic carbocycles. The largest absolute Gasteiger partial charge is 0.452 e. The lowest BCUT2D eigenvalue weighted by atomic mass is 10.1. The summed E-state index contributed by atoms with van der Waals surface area (Å²) in [5.74, 6) is -1.85. The van der Waals surface area contributed by atoms with Crippen LogP contribution in [0.5, 0.6) is 0 Å². The molecule has 2 aromatic rings. The molecule has 0 aliphatic heterocycles. The first-order chi connectivity index (χ1) is 12.9. The highest BCUT2D eigenvalue weighted by Crippen LogP contribution is 2.30. The van der Waals surface area contributed by atoms with Crippen LogP contribution in [0.4, 0.5) is 18.9 Å². The van der Waals surface area contributed by atoms with Gasteiger partial charge in [-0.3, -0.25) is 4.79 Å². The van der Waals surface area contributed by atoms with Crippen molar-refractivity contribution < 1.29 is 35.9 Å². The van der Waals surface area contributed by atoms with Gasteiger partial charge in [0.25, 0.3) is 5.91 Å². The number of anilines is 1. The molecule has 3 N–H and O–H groups in total. The number of amides is 1. The second-order valence-electron chi connectivity index (χ2n) is 5.72. The standard InChI is InChI=1S/C17H15F3N2O5S/c1-10-5-6-13(28(21,25)26)8-14(10)16(24)27-9-15(23)22-12-4-2-3-11(7-12)17(18,19)20/h2-8H,9H2,1H3,(H,22,23)(H2,21,25,26). The van der Waals surface area contributed by atoms with E-state index >= 15 is 0 Å². The van der Waals surface area contributed by atoms with Crippen LogP contribution in [0.15, 0.2) is 47.4 Å². The highest BCUT2D eigenvalue weighted by atomic mass is 32.2. The zero-order valence-electron chi connectivity index (χ0n) is 14.4. The summed E-state index contributed by atoms with van der Waals surface area (Å²) in [5, 5.41) is 7.18. The molecular weight excluding hydrogens is 401 g/mol. The van der Waals surface area contributed by atoms with Crippen molar-refractivity contribution in [2.45, 2.75) is 18.0 Å². The van der Waals surface area contributed by atoms with Gasteiger partial charge < -0.3 is 10.1 Å². The second kappa shape index (κ2) is 7.98. The number of benzene rings is 2. The van der Waals surface area contributed by atoms with Crippen LogP contribution < -0.4 is 10.5 Å². The molecule has 0 spiro atoms. The van der Waals surface area contributed by atoms with Gasteiger partial charge in [-0.05, 0) is 42.8 Å². The van der Waals surface area contributed by atoms with Crippen LogP contribution in [0.3, 0.4) is 0 Å². The van der Waals surface area contributed by atoms with E-state index in [1.54, 1.807) is 0 Å². The minimum Gasteiger partial charge on any atom is -0.452 e. The second-order valence-corrected chi connectivity index (χ2v) is 7.29. The monoisotopic (exact) mass is 416 g/mol. The number of aryl methyl sites for hydroxylation is 1. The van der Waals surface area contributed by atoms with E-state index in [1.807, 2.05) is 0 Å². The lowest BCUT2D eigenvalue weighted by Gasteiger charge is -2.11. The molecule has 11 heteroatoms. The van der Waals surface area contributed by atoms with Crippen LogP contribution in [-0.4, -0.2) is 26.9 Å². The fourth-order valence-corrected chi connectivity index (χ4v) is 2.72. The number of nitrogens with two attached hydrogens (primary N) is 1. The third kappa shape index (κ3) is 5.54. The molecule has 7 nitrogen and oxygen atoms in total. The molecule has 0 bridgehead atoms. The SMILES string of the molecule is Cc1ccc(S(N)(=O)=O)cc1C(=O)OCC(=O)Nc1cccc(C(F)(F)F)c1. The summed E-state index contributed by atoms with van der Waals surface area (Å²) in [6, 6.07) is 7.51. The summed E-state index contributed by atoms with van der Waals surface area (Å²) in [6.07, 6.45) is -4.57. The van der Waals surface area contributed by atoms with Crippen LogP contribution in [0.25, 0.3) is 0 Å². The van der Waals surface area contributed by atoms with E-state index in [4.69, 9.17) is 9.88 Å². The molecule has 0 aliphatic rings. The Morgan fingerprint density at radius 1 is 1.14 bits per heavy atom. The van der Waals surface area contributed by atoms with E-state index in [-0.39, 0.29) is 16.1 Å². The van der Waals surface area contributed by atoms with Crippen LogP contribution >= 0.6 is 0 Å². The molecule has 0 radical (unpaired) electrons. The van der Waals surface area contributed by atoms with Crippen LogP contribution in [0.2, 0.25) is 0 Å². The van der Waals surface area contributed by atoms with Crippen molar-refractivity contribution in [3.8, 4) is 0 Å². The van der Waals surface area contributed by atoms with Crippen LogP contribution in [0, 0.1) is 6.92 Å². The quantitative estimate of drug-likeness (QED) is 0.727. The summed E-state index contributed by atoms with van der Waals surface area (Å²) in [7, 11) is -4.04. The van der Waals surface area contributed by atoms with Gasteiger partial charge in [-0.1, -0.05) is 12.1 Å². The maximum atomic E-state index is 12.7. The van der Waals surface area contributed by atoms with Crippen molar-refractivity contribution in [2.24, 2.45) is 5.14 Å². The molecule has 0 saturated carbocycles. The molecule has 150 valence electrons. The Labute approximate surface area is 158 Å². The predicted molar refractivity (Wildman–Crippen MR) is 92.9 cm³/mol. The maximum Gasteiger partial charge on any atom is 0.416 e. The highest BCUT2D eigenvalue weighted by molar-refractivity contribution is 7.89. The summed E-state index contributed by atoms with van der Waals surface area (Å²) in [5.41, 5.74) is -0.796. The Morgan fingerprint density at radius 3 is 2.43 bits per heavy atom. The minimum absolute atomic E-state index is 0.113. The molecule has 0 atom stereocenters. The molecule has 0 heterocycles. The average Bonchev–Trinajstić information content (AvgIpc) is 2.58. The van der Waals surface area contributed by atoms with Crippen molar-refractivity contribution >= 4 is 27.6 Å². The molecule has 0 fully saturated rings. The lowest BCUT2D eigenvalue weighted by Crippen LogP contribution is -2.22. The number of hydrogen-bond donors (Lipinski definition) is 2. The molecule has 1 amide bonds. The van der Waals surface area contributed by atoms with Crippen molar-refractivity contribution in [3.63, 3.8) is 0 Å². The van der Waals surface area contributed by atoms with Gasteiger partial charge in [-0.2, -0.15) is 13.2 Å². The zero-order chi connectivity index (χ0) is 21.1. The van der Waals surface area contributed by atoms with Gasteiger partial charge in [-0.25, -0.2) is 18.4 Å². The topological polar surface area (TPSA) is 116 Å². The number of carbonyl (C=O) groups excluding carboxylic acids is 2. The zero-order valence-corrected chi connectivity index (χ0v) is 15.2. The highest BCUT2D eigenvalue weighted by Gasteiger charge is 2.30. The number of hydrogen-bond acceptors (Lipinski definition) is 5. The first kappa shape index (κ1) is 21.4. The number of ether oxygens (including phenoxy) is 1. The number of rotatable bonds is 5. The van der Waals surface area contributed by atoms with E-state index in [0.717, 1.165) is 24.3 Å². The minimum atomic E-state index is -4.57. The number of sulfonamides is 1. The third-order valence-electron chi connectivity index (χ3n) is 3.57. The van der Waals surface area contributed by atoms with Gasteiger partial charge in [0.15, 0.2) is 6.61 Å². The maximum absolute atomic E-state index is 12.7. The number of nitrogens with one attached hydrogen (secondary N) is 1. The Kier molecular flexibility index (Phi) is 6.10. The fourth-order valence-electron chi connectivity index (χ4n) is 2.18. The number of halogens is 3. The normalized spacial score (nSPS) is 11.8. The van der Waals surface area contributed by atoms with Crippen LogP contribution in [0.1, 0.15) is 21.5 Å². The molecule has 0 aromatic heterocycles. The van der Waals surface area contributed by atoms with Gasteiger partial charge in [-0.15, -0.1) is 0 Å². The molecular formula is C17H15F3N2O5S. The fraction of sp³-hybridized carbons (Fsp3) is 0.176. The van der Waals surface area contributed by atoms with Gasteiger partial charge in [0.2, 0.25) is 10.0 Å². The van der Waals surface area contributed by atoms with Crippen molar-refractivity contribution in [1.82, 2.24) is 0 Å². The van der Waals surface area contributed by atoms with E-state index in [2.05, 4.69) is 5.32 Å². The van der Waals surface area contributed by atoms with E-state index in [0.29, 0.717) is 5.56 Å². The Bertz CT molecular complexity index is 1020. The Morgan fingerprint density at radius 2 is 1.82 bits per heavy atom. The molecule has 28 heavy (non-hydrogen) atoms. The van der Waals surface area contributed by atoms with Crippen LogP contribution in [-0.2, 0) is 25.7 Å². The number of carbonyl (C=O) groups is 2. The van der Waals surface area contributed by atoms with Crippen molar-refractivity contribution in [2.75, 3.05) is 11.9 Å². The van der Waals surface area contributed by atoms with Crippen molar-refractivity contribution in [1.29, 1.82) is 0 Å². The Hall–Kier alpha value is -2.92. The lowest BCUT2D eigenvalue weighted by molar-refractivity contribution is -0.137.